The summed E-state index contributed by atoms with van der Waals surface area (Å²) in [5.74, 6) is -1.49. The van der Waals surface area contributed by atoms with Crippen LogP contribution >= 0.6 is 0 Å². The molecule has 2 amide bonds. The van der Waals surface area contributed by atoms with Gasteiger partial charge in [-0.25, -0.2) is 0 Å². The molecule has 2 fully saturated rings. The van der Waals surface area contributed by atoms with E-state index in [1.54, 1.807) is 4.68 Å². The number of hydrogen-bond acceptors (Lipinski definition) is 6. The van der Waals surface area contributed by atoms with E-state index >= 15 is 0 Å². The summed E-state index contributed by atoms with van der Waals surface area (Å²) in [6.07, 6.45) is 4.23. The lowest BCUT2D eigenvalue weighted by Crippen LogP contribution is -2.45. The van der Waals surface area contributed by atoms with Gasteiger partial charge in [0.15, 0.2) is 11.6 Å². The van der Waals surface area contributed by atoms with Crippen LogP contribution < -0.4 is 11.1 Å². The highest BCUT2D eigenvalue weighted by Crippen LogP contribution is 2.45. The van der Waals surface area contributed by atoms with Gasteiger partial charge in [0.1, 0.15) is 5.56 Å². The average molecular weight is 347 g/mol. The van der Waals surface area contributed by atoms with Gasteiger partial charge in [-0.2, -0.15) is 10.4 Å². The Balaban J connectivity index is 1.92. The number of carbonyl (C=O) groups excluding carboxylic acids is 2. The lowest BCUT2D eigenvalue weighted by Gasteiger charge is -2.42. The minimum Gasteiger partial charge on any atom is -0.365 e. The summed E-state index contributed by atoms with van der Waals surface area (Å²) in [6, 6.07) is 2.21. The van der Waals surface area contributed by atoms with Crippen LogP contribution in [0.2, 0.25) is 0 Å². The van der Waals surface area contributed by atoms with Crippen LogP contribution in [0.25, 0.3) is 0 Å². The fourth-order valence-electron chi connectivity index (χ4n) is 3.57. The lowest BCUT2D eigenvalue weighted by molar-refractivity contribution is -0.190. The number of nitrogens with two attached hydrogens (primary N) is 1. The predicted molar refractivity (Wildman–Crippen MR) is 86.4 cm³/mol. The first kappa shape index (κ1) is 17.4. The molecule has 1 spiro atoms. The standard InChI is InChI=1S/C16H21N5O4/c1-11(22)19-14-12(13(18)23)10-21(20-14)15(6-7-17)2-4-16(5-3-15)24-8-9-25-16/h10H,2-6,8-9H2,1H3,(H2,18,23)(H,19,20,22). The predicted octanol–water partition coefficient (Wildman–Crippen LogP) is 0.866. The summed E-state index contributed by atoms with van der Waals surface area (Å²) < 4.78 is 13.1. The van der Waals surface area contributed by atoms with E-state index in [0.717, 1.165) is 0 Å². The van der Waals surface area contributed by atoms with Crippen LogP contribution in [0.5, 0.6) is 0 Å². The highest BCUT2D eigenvalue weighted by Gasteiger charge is 2.48. The molecule has 1 aromatic heterocycles. The van der Waals surface area contributed by atoms with Gasteiger partial charge < -0.3 is 20.5 Å². The molecule has 0 radical (unpaired) electrons. The molecule has 1 aromatic rings. The Morgan fingerprint density at radius 3 is 2.52 bits per heavy atom. The van der Waals surface area contributed by atoms with Crippen LogP contribution in [0.3, 0.4) is 0 Å². The van der Waals surface area contributed by atoms with E-state index in [2.05, 4.69) is 16.5 Å². The second kappa shape index (κ2) is 6.46. The summed E-state index contributed by atoms with van der Waals surface area (Å²) in [6.45, 7) is 2.48. The summed E-state index contributed by atoms with van der Waals surface area (Å²) >= 11 is 0. The zero-order valence-electron chi connectivity index (χ0n) is 14.1. The molecule has 3 rings (SSSR count). The highest BCUT2D eigenvalue weighted by atomic mass is 16.7. The Labute approximate surface area is 145 Å². The number of anilines is 1. The van der Waals surface area contributed by atoms with Crippen LogP contribution in [0.4, 0.5) is 5.82 Å². The number of nitrogens with one attached hydrogen (secondary N) is 1. The molecule has 0 bridgehead atoms. The van der Waals surface area contributed by atoms with E-state index in [0.29, 0.717) is 38.9 Å². The second-order valence-corrected chi connectivity index (χ2v) is 6.55. The fourth-order valence-corrected chi connectivity index (χ4v) is 3.57. The maximum absolute atomic E-state index is 11.7. The van der Waals surface area contributed by atoms with Gasteiger partial charge in [-0.15, -0.1) is 0 Å². The zero-order valence-corrected chi connectivity index (χ0v) is 14.1. The van der Waals surface area contributed by atoms with Crippen LogP contribution in [0.15, 0.2) is 6.20 Å². The van der Waals surface area contributed by atoms with Crippen molar-refractivity contribution in [3.63, 3.8) is 0 Å². The Kier molecular flexibility index (Phi) is 4.49. The van der Waals surface area contributed by atoms with E-state index in [1.807, 2.05) is 0 Å². The van der Waals surface area contributed by atoms with Crippen molar-refractivity contribution in [1.29, 1.82) is 5.26 Å². The normalized spacial score (nSPS) is 21.0. The summed E-state index contributed by atoms with van der Waals surface area (Å²) in [5.41, 5.74) is 4.94. The SMILES string of the molecule is CC(=O)Nc1nn(C2(CC#N)CCC3(CC2)OCCO3)cc1C(N)=O. The largest absolute Gasteiger partial charge is 0.365 e. The third-order valence-corrected chi connectivity index (χ3v) is 4.92. The number of carbonyl (C=O) groups is 2. The highest BCUT2D eigenvalue weighted by molar-refractivity contribution is 6.01. The topological polar surface area (TPSA) is 132 Å². The first-order valence-corrected chi connectivity index (χ1v) is 8.22. The lowest BCUT2D eigenvalue weighted by atomic mass is 9.77. The quantitative estimate of drug-likeness (QED) is 0.830. The first-order chi connectivity index (χ1) is 11.9. The maximum atomic E-state index is 11.7. The second-order valence-electron chi connectivity index (χ2n) is 6.55. The molecule has 1 aliphatic carbocycles. The van der Waals surface area contributed by atoms with Gasteiger partial charge in [0, 0.05) is 26.0 Å². The maximum Gasteiger partial charge on any atom is 0.254 e. The molecule has 9 nitrogen and oxygen atoms in total. The van der Waals surface area contributed by atoms with Crippen LogP contribution in [0, 0.1) is 11.3 Å². The third-order valence-electron chi connectivity index (χ3n) is 4.92. The number of amides is 2. The molecular weight excluding hydrogens is 326 g/mol. The Bertz CT molecular complexity index is 719. The number of rotatable bonds is 4. The summed E-state index contributed by atoms with van der Waals surface area (Å²) in [7, 11) is 0. The summed E-state index contributed by atoms with van der Waals surface area (Å²) in [5, 5.41) is 16.2. The van der Waals surface area contributed by atoms with Crippen molar-refractivity contribution in [3.05, 3.63) is 11.8 Å². The molecule has 1 saturated heterocycles. The van der Waals surface area contributed by atoms with E-state index in [4.69, 9.17) is 15.2 Å². The number of ether oxygens (including phenoxy) is 2. The minimum atomic E-state index is -0.683. The smallest absolute Gasteiger partial charge is 0.254 e. The number of hydrogen-bond donors (Lipinski definition) is 2. The molecule has 0 aromatic carbocycles. The Morgan fingerprint density at radius 2 is 2.00 bits per heavy atom. The van der Waals surface area contributed by atoms with Gasteiger partial charge in [-0.05, 0) is 12.8 Å². The van der Waals surface area contributed by atoms with Crippen molar-refractivity contribution >= 4 is 17.6 Å². The van der Waals surface area contributed by atoms with Crippen LogP contribution in [0.1, 0.15) is 49.4 Å². The van der Waals surface area contributed by atoms with Gasteiger partial charge in [-0.3, -0.25) is 14.3 Å². The summed E-state index contributed by atoms with van der Waals surface area (Å²) in [4.78, 5) is 23.0. The van der Waals surface area contributed by atoms with Gasteiger partial charge >= 0.3 is 0 Å². The molecule has 1 saturated carbocycles. The van der Waals surface area contributed by atoms with Gasteiger partial charge in [0.05, 0.1) is 31.2 Å². The Hall–Kier alpha value is -2.44. The number of primary amides is 1. The van der Waals surface area contributed by atoms with Crippen molar-refractivity contribution < 1.29 is 19.1 Å². The molecule has 2 heterocycles. The molecule has 3 N–H and O–H groups in total. The molecule has 9 heteroatoms. The minimum absolute atomic E-state index is 0.117. The third kappa shape index (κ3) is 3.23. The zero-order chi connectivity index (χ0) is 18.1. The van der Waals surface area contributed by atoms with Gasteiger partial charge in [-0.1, -0.05) is 0 Å². The average Bonchev–Trinajstić information content (AvgIpc) is 3.18. The number of nitrogens with zero attached hydrogens (tertiary/aromatic N) is 3. The van der Waals surface area contributed by atoms with Crippen molar-refractivity contribution in [1.82, 2.24) is 9.78 Å². The van der Waals surface area contributed by atoms with Crippen LogP contribution in [-0.4, -0.2) is 40.6 Å². The molecular formula is C16H21N5O4. The first-order valence-electron chi connectivity index (χ1n) is 8.22. The molecule has 0 unspecified atom stereocenters. The number of nitriles is 1. The monoisotopic (exact) mass is 347 g/mol. The van der Waals surface area contributed by atoms with Gasteiger partial charge in [0.2, 0.25) is 5.91 Å². The van der Waals surface area contributed by atoms with Crippen LogP contribution in [-0.2, 0) is 19.8 Å². The van der Waals surface area contributed by atoms with Crippen molar-refractivity contribution in [2.45, 2.75) is 50.4 Å². The molecule has 134 valence electrons. The van der Waals surface area contributed by atoms with Gasteiger partial charge in [0.25, 0.3) is 5.91 Å². The van der Waals surface area contributed by atoms with E-state index in [1.165, 1.54) is 13.1 Å². The van der Waals surface area contributed by atoms with Crippen molar-refractivity contribution in [3.8, 4) is 6.07 Å². The number of aromatic nitrogens is 2. The molecule has 1 aliphatic heterocycles. The van der Waals surface area contributed by atoms with Crippen molar-refractivity contribution in [2.75, 3.05) is 18.5 Å². The molecule has 25 heavy (non-hydrogen) atoms. The van der Waals surface area contributed by atoms with Crippen molar-refractivity contribution in [2.24, 2.45) is 5.73 Å². The Morgan fingerprint density at radius 1 is 1.36 bits per heavy atom. The van der Waals surface area contributed by atoms with E-state index < -0.39 is 17.2 Å². The molecule has 2 aliphatic rings. The van der Waals surface area contributed by atoms with E-state index in [-0.39, 0.29) is 23.7 Å². The fraction of sp³-hybridized carbons (Fsp3) is 0.625. The molecule has 0 atom stereocenters. The van der Waals surface area contributed by atoms with E-state index in [9.17, 15) is 14.9 Å².